The molecule has 7 heteroatoms. The molecule has 2 saturated heterocycles. The van der Waals surface area contributed by atoms with Crippen LogP contribution in [-0.4, -0.2) is 41.5 Å². The van der Waals surface area contributed by atoms with E-state index in [9.17, 15) is 19.8 Å². The van der Waals surface area contributed by atoms with Gasteiger partial charge in [-0.3, -0.25) is 14.5 Å². The number of benzene rings is 2. The molecule has 2 heterocycles. The molecule has 2 aromatic carbocycles. The van der Waals surface area contributed by atoms with Gasteiger partial charge in [-0.15, -0.1) is 0 Å². The summed E-state index contributed by atoms with van der Waals surface area (Å²) in [5.74, 6) is -4.35. The van der Waals surface area contributed by atoms with Gasteiger partial charge in [-0.05, 0) is 31.0 Å². The summed E-state index contributed by atoms with van der Waals surface area (Å²) in [4.78, 5) is 28.0. The summed E-state index contributed by atoms with van der Waals surface area (Å²) < 4.78 is 11.5. The number of rotatable bonds is 4. The van der Waals surface area contributed by atoms with Gasteiger partial charge in [0, 0.05) is 24.5 Å². The molecule has 31 heavy (non-hydrogen) atoms. The van der Waals surface area contributed by atoms with Crippen molar-refractivity contribution in [2.45, 2.75) is 24.7 Å². The Morgan fingerprint density at radius 1 is 1.06 bits per heavy atom. The quantitative estimate of drug-likeness (QED) is 0.734. The number of phenolic OH excluding ortho intramolecular Hbond substituents is 1. The van der Waals surface area contributed by atoms with E-state index in [4.69, 9.17) is 9.47 Å². The van der Waals surface area contributed by atoms with Crippen LogP contribution in [0.4, 0.5) is 5.69 Å². The molecule has 7 nitrogen and oxygen atoms in total. The van der Waals surface area contributed by atoms with Crippen LogP contribution in [0.2, 0.25) is 0 Å². The molecule has 162 valence electrons. The zero-order valence-electron chi connectivity index (χ0n) is 17.2. The highest BCUT2D eigenvalue weighted by atomic mass is 16.6. The molecule has 1 saturated carbocycles. The normalized spacial score (nSPS) is 34.6. The number of methoxy groups -OCH3 is 1. The van der Waals surface area contributed by atoms with Gasteiger partial charge in [-0.2, -0.15) is 0 Å². The number of fused-ring (bicyclic) bond motifs is 3. The highest BCUT2D eigenvalue weighted by molar-refractivity contribution is 6.22. The first kappa shape index (κ1) is 20.2. The zero-order chi connectivity index (χ0) is 21.8. The largest absolute Gasteiger partial charge is 0.508 e. The van der Waals surface area contributed by atoms with Crippen molar-refractivity contribution in [2.75, 3.05) is 18.6 Å². The maximum Gasteiger partial charge on any atom is 0.238 e. The number of hydrogen-bond donors (Lipinski definition) is 2. The van der Waals surface area contributed by atoms with E-state index in [1.807, 2.05) is 6.07 Å². The SMILES string of the molecule is COC[C@H]1C[C@@H]2C(=O)N(c3ccccc3)C(=O)[C@@H]2[C@@H]2C[C@@H](c3ccccc3O)O[C@]12O. The monoisotopic (exact) mass is 423 g/mol. The highest BCUT2D eigenvalue weighted by Crippen LogP contribution is 2.59. The number of para-hydroxylation sites is 2. The van der Waals surface area contributed by atoms with Crippen LogP contribution in [0.5, 0.6) is 5.75 Å². The van der Waals surface area contributed by atoms with E-state index in [-0.39, 0.29) is 24.2 Å². The van der Waals surface area contributed by atoms with Crippen LogP contribution in [0.25, 0.3) is 0 Å². The van der Waals surface area contributed by atoms with E-state index < -0.39 is 35.6 Å². The third-order valence-corrected chi connectivity index (χ3v) is 7.03. The maximum absolute atomic E-state index is 13.5. The van der Waals surface area contributed by atoms with Gasteiger partial charge in [0.1, 0.15) is 5.75 Å². The van der Waals surface area contributed by atoms with Crippen molar-refractivity contribution in [2.24, 2.45) is 23.7 Å². The number of aliphatic hydroxyl groups is 1. The number of ether oxygens (including phenoxy) is 2. The van der Waals surface area contributed by atoms with Gasteiger partial charge in [0.15, 0.2) is 5.79 Å². The Kier molecular flexibility index (Phi) is 4.84. The van der Waals surface area contributed by atoms with E-state index in [0.717, 1.165) is 0 Å². The fraction of sp³-hybridized carbons (Fsp3) is 0.417. The second-order valence-corrected chi connectivity index (χ2v) is 8.63. The summed E-state index contributed by atoms with van der Waals surface area (Å²) in [5.41, 5.74) is 1.10. The Balaban J connectivity index is 1.54. The summed E-state index contributed by atoms with van der Waals surface area (Å²) in [6.45, 7) is 0.205. The second-order valence-electron chi connectivity index (χ2n) is 8.63. The lowest BCUT2D eigenvalue weighted by molar-refractivity contribution is -0.275. The highest BCUT2D eigenvalue weighted by Gasteiger charge is 2.67. The number of carbonyl (C=O) groups excluding carboxylic acids is 2. The van der Waals surface area contributed by atoms with E-state index in [1.165, 1.54) is 12.0 Å². The molecule has 0 radical (unpaired) electrons. The number of imide groups is 1. The Hall–Kier alpha value is -2.74. The minimum Gasteiger partial charge on any atom is -0.508 e. The van der Waals surface area contributed by atoms with Crippen LogP contribution in [0, 0.1) is 23.7 Å². The summed E-state index contributed by atoms with van der Waals surface area (Å²) in [7, 11) is 1.54. The zero-order valence-corrected chi connectivity index (χ0v) is 17.2. The molecule has 0 spiro atoms. The standard InChI is InChI=1S/C24H25NO6/c1-30-13-14-11-17-21(23(28)25(22(17)27)15-7-3-2-4-8-15)18-12-20(31-24(14,18)29)16-9-5-6-10-19(16)26/h2-10,14,17-18,20-21,26,29H,11-13H2,1H3/t14-,17+,18+,20+,21+,24-/m1/s1. The fourth-order valence-corrected chi connectivity index (χ4v) is 5.66. The van der Waals surface area contributed by atoms with Crippen molar-refractivity contribution >= 4 is 17.5 Å². The Morgan fingerprint density at radius 2 is 1.77 bits per heavy atom. The molecule has 2 amide bonds. The lowest BCUT2D eigenvalue weighted by Gasteiger charge is -2.44. The smallest absolute Gasteiger partial charge is 0.238 e. The lowest BCUT2D eigenvalue weighted by atomic mass is 9.64. The average molecular weight is 423 g/mol. The predicted octanol–water partition coefficient (Wildman–Crippen LogP) is 2.63. The summed E-state index contributed by atoms with van der Waals surface area (Å²) in [5, 5.41) is 22.0. The molecule has 0 aromatic heterocycles. The van der Waals surface area contributed by atoms with Gasteiger partial charge in [0.25, 0.3) is 0 Å². The maximum atomic E-state index is 13.5. The van der Waals surface area contributed by atoms with E-state index in [2.05, 4.69) is 0 Å². The number of nitrogens with zero attached hydrogens (tertiary/aromatic N) is 1. The number of anilines is 1. The third-order valence-electron chi connectivity index (χ3n) is 7.03. The molecule has 3 aliphatic rings. The van der Waals surface area contributed by atoms with E-state index >= 15 is 0 Å². The third kappa shape index (κ3) is 2.99. The first-order valence-corrected chi connectivity index (χ1v) is 10.6. The van der Waals surface area contributed by atoms with Gasteiger partial charge in [0.2, 0.25) is 11.8 Å². The topological polar surface area (TPSA) is 96.3 Å². The van der Waals surface area contributed by atoms with Crippen LogP contribution in [0.1, 0.15) is 24.5 Å². The van der Waals surface area contributed by atoms with Crippen molar-refractivity contribution in [1.29, 1.82) is 0 Å². The second kappa shape index (κ2) is 7.44. The summed E-state index contributed by atoms with van der Waals surface area (Å²) in [6, 6.07) is 15.7. The predicted molar refractivity (Wildman–Crippen MR) is 111 cm³/mol. The van der Waals surface area contributed by atoms with Crippen molar-refractivity contribution in [3.8, 4) is 5.75 Å². The molecule has 2 aliphatic heterocycles. The average Bonchev–Trinajstić information content (AvgIpc) is 3.24. The number of phenols is 1. The fourth-order valence-electron chi connectivity index (χ4n) is 5.66. The van der Waals surface area contributed by atoms with Gasteiger partial charge in [0.05, 0.1) is 30.2 Å². The molecular weight excluding hydrogens is 398 g/mol. The molecule has 6 atom stereocenters. The first-order chi connectivity index (χ1) is 15.0. The molecule has 5 rings (SSSR count). The Morgan fingerprint density at radius 3 is 2.48 bits per heavy atom. The number of amides is 2. The number of aromatic hydroxyl groups is 1. The minimum absolute atomic E-state index is 0.0781. The first-order valence-electron chi connectivity index (χ1n) is 10.6. The Labute approximate surface area is 180 Å². The molecule has 1 aliphatic carbocycles. The molecule has 0 bridgehead atoms. The number of carbonyl (C=O) groups is 2. The van der Waals surface area contributed by atoms with E-state index in [1.54, 1.807) is 48.5 Å². The van der Waals surface area contributed by atoms with Crippen LogP contribution in [0.15, 0.2) is 54.6 Å². The summed E-state index contributed by atoms with van der Waals surface area (Å²) >= 11 is 0. The molecule has 2 N–H and O–H groups in total. The van der Waals surface area contributed by atoms with Gasteiger partial charge < -0.3 is 19.7 Å². The number of hydrogen-bond acceptors (Lipinski definition) is 6. The van der Waals surface area contributed by atoms with Crippen molar-refractivity contribution in [3.05, 3.63) is 60.2 Å². The van der Waals surface area contributed by atoms with Crippen LogP contribution >= 0.6 is 0 Å². The van der Waals surface area contributed by atoms with Gasteiger partial charge in [-0.1, -0.05) is 36.4 Å². The Bertz CT molecular complexity index is 1010. The minimum atomic E-state index is -1.62. The van der Waals surface area contributed by atoms with Crippen LogP contribution in [0.3, 0.4) is 0 Å². The van der Waals surface area contributed by atoms with Gasteiger partial charge in [-0.25, -0.2) is 0 Å². The van der Waals surface area contributed by atoms with Gasteiger partial charge >= 0.3 is 0 Å². The molecule has 2 aromatic rings. The van der Waals surface area contributed by atoms with Crippen molar-refractivity contribution < 1.29 is 29.3 Å². The van der Waals surface area contributed by atoms with Crippen molar-refractivity contribution in [3.63, 3.8) is 0 Å². The van der Waals surface area contributed by atoms with Crippen LogP contribution in [-0.2, 0) is 19.1 Å². The van der Waals surface area contributed by atoms with E-state index in [0.29, 0.717) is 24.1 Å². The summed E-state index contributed by atoms with van der Waals surface area (Å²) in [6.07, 6.45) is 0.0484. The molecular formula is C24H25NO6. The molecule has 0 unspecified atom stereocenters. The molecule has 3 fully saturated rings. The lowest BCUT2D eigenvalue weighted by Crippen LogP contribution is -2.54. The van der Waals surface area contributed by atoms with Crippen LogP contribution < -0.4 is 4.90 Å². The van der Waals surface area contributed by atoms with Crippen molar-refractivity contribution in [1.82, 2.24) is 0 Å².